The Labute approximate surface area is 180 Å². The van der Waals surface area contributed by atoms with Gasteiger partial charge in [-0.1, -0.05) is 25.3 Å². The Morgan fingerprint density at radius 3 is 2.60 bits per heavy atom. The first-order valence-electron chi connectivity index (χ1n) is 10.6. The van der Waals surface area contributed by atoms with Gasteiger partial charge in [0.05, 0.1) is 5.56 Å². The van der Waals surface area contributed by atoms with Gasteiger partial charge in [-0.15, -0.1) is 0 Å². The standard InChI is InChI=1S/C20H28BF2N5OS/c1-12-4-3-5-16(12)28-17-13(10-15(18(28)29)20(21,22)23)11-24-19(26-17)25-14-6-8-27(30-2)9-7-14/h10-12,14,16H,3-9,21H2,1-2H3,(H,24,25,26). The first kappa shape index (κ1) is 21.6. The SMILES string of the molecule is BC(F)(F)c1cc2cnc(NC3CCN(SC)CC3)nc2n(C2CCCC2C)c1=O. The molecule has 162 valence electrons. The van der Waals surface area contributed by atoms with Crippen LogP contribution in [0.4, 0.5) is 14.7 Å². The van der Waals surface area contributed by atoms with Gasteiger partial charge in [0.15, 0.2) is 7.85 Å². The molecule has 2 aliphatic rings. The third-order valence-corrected chi connectivity index (χ3v) is 7.32. The van der Waals surface area contributed by atoms with Crippen molar-refractivity contribution in [1.29, 1.82) is 0 Å². The second-order valence-corrected chi connectivity index (χ2v) is 9.48. The minimum atomic E-state index is -3.21. The van der Waals surface area contributed by atoms with E-state index in [0.29, 0.717) is 17.0 Å². The molecule has 1 aliphatic carbocycles. The summed E-state index contributed by atoms with van der Waals surface area (Å²) in [6, 6.07) is 1.40. The van der Waals surface area contributed by atoms with Gasteiger partial charge in [0.25, 0.3) is 5.56 Å². The van der Waals surface area contributed by atoms with E-state index in [4.69, 9.17) is 0 Å². The molecule has 2 fully saturated rings. The van der Waals surface area contributed by atoms with Gasteiger partial charge in [0.1, 0.15) is 5.65 Å². The summed E-state index contributed by atoms with van der Waals surface area (Å²) in [7, 11) is 0.774. The lowest BCUT2D eigenvalue weighted by Gasteiger charge is -2.30. The van der Waals surface area contributed by atoms with E-state index in [2.05, 4.69) is 32.8 Å². The van der Waals surface area contributed by atoms with Gasteiger partial charge < -0.3 is 5.32 Å². The summed E-state index contributed by atoms with van der Waals surface area (Å²) in [5, 5.41) is 3.87. The lowest BCUT2D eigenvalue weighted by Crippen LogP contribution is -2.36. The van der Waals surface area contributed by atoms with E-state index in [1.54, 1.807) is 18.1 Å². The van der Waals surface area contributed by atoms with Gasteiger partial charge in [-0.2, -0.15) is 4.98 Å². The number of nitrogens with one attached hydrogen (secondary N) is 1. The molecule has 2 unspecified atom stereocenters. The lowest BCUT2D eigenvalue weighted by molar-refractivity contribution is 0.0917. The van der Waals surface area contributed by atoms with Gasteiger partial charge >= 0.3 is 0 Å². The average Bonchev–Trinajstić information content (AvgIpc) is 3.12. The predicted molar refractivity (Wildman–Crippen MR) is 120 cm³/mol. The Morgan fingerprint density at radius 1 is 1.27 bits per heavy atom. The monoisotopic (exact) mass is 435 g/mol. The second kappa shape index (κ2) is 8.46. The van der Waals surface area contributed by atoms with Crippen molar-refractivity contribution in [3.63, 3.8) is 0 Å². The van der Waals surface area contributed by atoms with Crippen LogP contribution in [0.5, 0.6) is 0 Å². The Morgan fingerprint density at radius 2 is 2.00 bits per heavy atom. The molecule has 1 N–H and O–H groups in total. The number of aromatic nitrogens is 3. The van der Waals surface area contributed by atoms with Crippen LogP contribution in [0.2, 0.25) is 0 Å². The Balaban J connectivity index is 1.74. The summed E-state index contributed by atoms with van der Waals surface area (Å²) in [6.07, 6.45) is 8.37. The molecule has 0 bridgehead atoms. The molecule has 0 amide bonds. The molecule has 0 radical (unpaired) electrons. The molecular formula is C20H28BF2N5OS. The fourth-order valence-electron chi connectivity index (χ4n) is 4.69. The molecule has 1 saturated carbocycles. The van der Waals surface area contributed by atoms with E-state index in [1.165, 1.54) is 10.6 Å². The van der Waals surface area contributed by atoms with Crippen LogP contribution in [0.1, 0.15) is 50.6 Å². The molecule has 3 heterocycles. The zero-order chi connectivity index (χ0) is 21.5. The molecule has 1 saturated heterocycles. The number of anilines is 1. The Hall–Kier alpha value is -1.68. The average molecular weight is 435 g/mol. The maximum Gasteiger partial charge on any atom is 0.260 e. The van der Waals surface area contributed by atoms with Gasteiger partial charge in [0, 0.05) is 36.8 Å². The molecule has 0 spiro atoms. The largest absolute Gasteiger partial charge is 0.351 e. The molecule has 1 aliphatic heterocycles. The maximum absolute atomic E-state index is 14.2. The van der Waals surface area contributed by atoms with Crippen molar-refractivity contribution in [3.8, 4) is 0 Å². The quantitative estimate of drug-likeness (QED) is 0.576. The minimum Gasteiger partial charge on any atom is -0.351 e. The maximum atomic E-state index is 14.2. The van der Waals surface area contributed by atoms with Crippen LogP contribution in [0.25, 0.3) is 11.0 Å². The van der Waals surface area contributed by atoms with Crippen LogP contribution in [0.3, 0.4) is 0 Å². The summed E-state index contributed by atoms with van der Waals surface area (Å²) >= 11 is 1.75. The van der Waals surface area contributed by atoms with Crippen molar-refractivity contribution in [3.05, 3.63) is 28.2 Å². The normalized spacial score (nSPS) is 23.9. The third kappa shape index (κ3) is 4.21. The fraction of sp³-hybridized carbons (Fsp3) is 0.650. The number of halogens is 2. The third-order valence-electron chi connectivity index (χ3n) is 6.44. The number of alkyl halides is 2. The summed E-state index contributed by atoms with van der Waals surface area (Å²) in [4.78, 5) is 22.2. The minimum absolute atomic E-state index is 0.116. The summed E-state index contributed by atoms with van der Waals surface area (Å²) in [5.74, 6) is -2.51. The van der Waals surface area contributed by atoms with Gasteiger partial charge in [-0.25, -0.2) is 13.8 Å². The molecule has 0 aromatic carbocycles. The number of hydrogen-bond donors (Lipinski definition) is 1. The highest BCUT2D eigenvalue weighted by molar-refractivity contribution is 7.96. The molecule has 4 rings (SSSR count). The number of fused-ring (bicyclic) bond motifs is 1. The molecule has 2 aromatic rings. The van der Waals surface area contributed by atoms with E-state index in [1.807, 2.05) is 0 Å². The Bertz CT molecular complexity index is 974. The number of hydrogen-bond acceptors (Lipinski definition) is 6. The smallest absolute Gasteiger partial charge is 0.260 e. The summed E-state index contributed by atoms with van der Waals surface area (Å²) in [5.41, 5.74) is -0.666. The van der Waals surface area contributed by atoms with Gasteiger partial charge in [-0.05, 0) is 43.9 Å². The van der Waals surface area contributed by atoms with Gasteiger partial charge in [-0.3, -0.25) is 13.7 Å². The van der Waals surface area contributed by atoms with E-state index in [-0.39, 0.29) is 18.0 Å². The molecule has 2 atom stereocenters. The zero-order valence-electron chi connectivity index (χ0n) is 17.7. The van der Waals surface area contributed by atoms with Crippen molar-refractivity contribution in [2.45, 2.75) is 56.9 Å². The van der Waals surface area contributed by atoms with Crippen LogP contribution < -0.4 is 10.9 Å². The number of nitrogens with zero attached hydrogens (tertiary/aromatic N) is 4. The molecule has 6 nitrogen and oxygen atoms in total. The van der Waals surface area contributed by atoms with Crippen LogP contribution >= 0.6 is 11.9 Å². The van der Waals surface area contributed by atoms with E-state index in [0.717, 1.165) is 53.0 Å². The zero-order valence-corrected chi connectivity index (χ0v) is 18.5. The molecule has 10 heteroatoms. The number of piperidine rings is 1. The van der Waals surface area contributed by atoms with Crippen LogP contribution in [-0.4, -0.2) is 52.1 Å². The van der Waals surface area contributed by atoms with Crippen LogP contribution in [0, 0.1) is 5.92 Å². The highest BCUT2D eigenvalue weighted by Crippen LogP contribution is 2.37. The van der Waals surface area contributed by atoms with E-state index >= 15 is 0 Å². The summed E-state index contributed by atoms with van der Waals surface area (Å²) < 4.78 is 32.2. The van der Waals surface area contributed by atoms with Crippen molar-refractivity contribution in [2.24, 2.45) is 5.92 Å². The predicted octanol–water partition coefficient (Wildman–Crippen LogP) is 2.99. The van der Waals surface area contributed by atoms with Crippen molar-refractivity contribution < 1.29 is 8.78 Å². The van der Waals surface area contributed by atoms with Crippen LogP contribution in [0.15, 0.2) is 17.1 Å². The second-order valence-electron chi connectivity index (χ2n) is 8.60. The van der Waals surface area contributed by atoms with Crippen LogP contribution in [-0.2, 0) is 5.82 Å². The first-order valence-corrected chi connectivity index (χ1v) is 11.8. The van der Waals surface area contributed by atoms with Gasteiger partial charge in [0.2, 0.25) is 11.8 Å². The van der Waals surface area contributed by atoms with Crippen molar-refractivity contribution in [1.82, 2.24) is 18.8 Å². The fourth-order valence-corrected chi connectivity index (χ4v) is 5.26. The van der Waals surface area contributed by atoms with Crippen molar-refractivity contribution in [2.75, 3.05) is 24.7 Å². The highest BCUT2D eigenvalue weighted by atomic mass is 32.2. The van der Waals surface area contributed by atoms with E-state index < -0.39 is 16.9 Å². The first-order chi connectivity index (χ1) is 14.3. The van der Waals surface area contributed by atoms with Crippen molar-refractivity contribution >= 4 is 36.8 Å². The lowest BCUT2D eigenvalue weighted by atomic mass is 9.91. The number of rotatable bonds is 5. The topological polar surface area (TPSA) is 63.1 Å². The van der Waals surface area contributed by atoms with E-state index in [9.17, 15) is 13.6 Å². The number of pyridine rings is 1. The highest BCUT2D eigenvalue weighted by Gasteiger charge is 2.34. The summed E-state index contributed by atoms with van der Waals surface area (Å²) in [6.45, 7) is 4.06. The molecule has 2 aromatic heterocycles. The molecular weight excluding hydrogens is 407 g/mol. The Kier molecular flexibility index (Phi) is 6.07. The molecule has 30 heavy (non-hydrogen) atoms.